The van der Waals surface area contributed by atoms with Crippen molar-refractivity contribution in [3.05, 3.63) is 90.0 Å². The molecule has 0 amide bonds. The van der Waals surface area contributed by atoms with Crippen molar-refractivity contribution < 1.29 is 9.13 Å². The lowest BCUT2D eigenvalue weighted by Gasteiger charge is -2.44. The standard InChI is InChI=1S/C26H28FN5O/c1-19-17-30(18-29-19)24-11-5-20(6-12-25(24)33-2)16-21-4-3-14-32-26(21)28-13-15-31(32)23-9-7-22(27)8-10-23/h5-12,16-18,20H,3-4,13-15H2,1-2H3/b21-16+. The van der Waals surface area contributed by atoms with Crippen LogP contribution in [0.2, 0.25) is 0 Å². The van der Waals surface area contributed by atoms with E-state index in [0.717, 1.165) is 61.1 Å². The summed E-state index contributed by atoms with van der Waals surface area (Å²) in [6, 6.07) is 6.71. The Labute approximate surface area is 193 Å². The highest BCUT2D eigenvalue weighted by Gasteiger charge is 2.29. The van der Waals surface area contributed by atoms with Gasteiger partial charge in [-0.15, -0.1) is 0 Å². The zero-order valence-electron chi connectivity index (χ0n) is 19.0. The van der Waals surface area contributed by atoms with Gasteiger partial charge in [0.15, 0.2) is 0 Å². The number of aryl methyl sites for hydroxylation is 1. The van der Waals surface area contributed by atoms with Gasteiger partial charge in [0.05, 0.1) is 43.6 Å². The molecule has 3 heterocycles. The zero-order valence-corrected chi connectivity index (χ0v) is 19.0. The van der Waals surface area contributed by atoms with Gasteiger partial charge in [-0.1, -0.05) is 18.2 Å². The lowest BCUT2D eigenvalue weighted by atomic mass is 9.97. The lowest BCUT2D eigenvalue weighted by Crippen LogP contribution is -2.53. The van der Waals surface area contributed by atoms with Gasteiger partial charge >= 0.3 is 0 Å². The van der Waals surface area contributed by atoms with Crippen LogP contribution in [0.4, 0.5) is 10.1 Å². The van der Waals surface area contributed by atoms with E-state index in [1.54, 1.807) is 13.4 Å². The Kier molecular flexibility index (Phi) is 5.86. The number of benzene rings is 1. The summed E-state index contributed by atoms with van der Waals surface area (Å²) < 4.78 is 21.1. The molecule has 33 heavy (non-hydrogen) atoms. The zero-order chi connectivity index (χ0) is 22.8. The minimum Gasteiger partial charge on any atom is -0.495 e. The summed E-state index contributed by atoms with van der Waals surface area (Å²) in [4.78, 5) is 9.22. The van der Waals surface area contributed by atoms with Crippen LogP contribution in [0.3, 0.4) is 0 Å². The number of rotatable bonds is 4. The van der Waals surface area contributed by atoms with Crippen LogP contribution in [0.5, 0.6) is 0 Å². The number of aliphatic imine (C=N–C) groups is 1. The van der Waals surface area contributed by atoms with E-state index in [4.69, 9.17) is 9.73 Å². The summed E-state index contributed by atoms with van der Waals surface area (Å²) in [5.41, 5.74) is 4.15. The SMILES string of the molecule is COC1=C(n2cnc(C)c2)C=CC(/C=C2\CCCN3C2=NCCN3c2ccc(F)cc2)C=C1. The van der Waals surface area contributed by atoms with E-state index in [2.05, 4.69) is 39.3 Å². The van der Waals surface area contributed by atoms with Gasteiger partial charge in [0, 0.05) is 18.7 Å². The molecule has 0 bridgehead atoms. The first kappa shape index (κ1) is 21.2. The second kappa shape index (κ2) is 9.10. The highest BCUT2D eigenvalue weighted by atomic mass is 19.1. The molecule has 2 aliphatic heterocycles. The molecule has 1 fully saturated rings. The van der Waals surface area contributed by atoms with Gasteiger partial charge in [-0.25, -0.2) is 9.37 Å². The second-order valence-electron chi connectivity index (χ2n) is 8.40. The normalized spacial score (nSPS) is 21.8. The van der Waals surface area contributed by atoms with Crippen LogP contribution in [0.1, 0.15) is 18.5 Å². The maximum absolute atomic E-state index is 13.4. The molecule has 0 radical (unpaired) electrons. The second-order valence-corrected chi connectivity index (χ2v) is 8.40. The van der Waals surface area contributed by atoms with Crippen LogP contribution < -0.4 is 5.01 Å². The molecule has 0 spiro atoms. The summed E-state index contributed by atoms with van der Waals surface area (Å²) in [7, 11) is 1.69. The van der Waals surface area contributed by atoms with Crippen molar-refractivity contribution in [2.24, 2.45) is 10.9 Å². The number of fused-ring (bicyclic) bond motifs is 1. The highest BCUT2D eigenvalue weighted by molar-refractivity contribution is 6.00. The van der Waals surface area contributed by atoms with Gasteiger partial charge < -0.3 is 9.30 Å². The average molecular weight is 446 g/mol. The monoisotopic (exact) mass is 445 g/mol. The summed E-state index contributed by atoms with van der Waals surface area (Å²) >= 11 is 0. The van der Waals surface area contributed by atoms with Crippen molar-refractivity contribution in [1.82, 2.24) is 14.6 Å². The molecule has 0 N–H and O–H groups in total. The van der Waals surface area contributed by atoms with Crippen molar-refractivity contribution in [2.75, 3.05) is 31.8 Å². The van der Waals surface area contributed by atoms with Crippen molar-refractivity contribution in [1.29, 1.82) is 0 Å². The fourth-order valence-corrected chi connectivity index (χ4v) is 4.55. The Hall–Kier alpha value is -3.61. The maximum atomic E-state index is 13.4. The largest absolute Gasteiger partial charge is 0.495 e. The molecule has 3 aliphatic rings. The number of amidine groups is 1. The maximum Gasteiger partial charge on any atom is 0.145 e. The number of nitrogens with zero attached hydrogens (tertiary/aromatic N) is 5. The number of hydrogen-bond acceptors (Lipinski definition) is 5. The van der Waals surface area contributed by atoms with Crippen molar-refractivity contribution in [3.63, 3.8) is 0 Å². The molecule has 6 nitrogen and oxygen atoms in total. The number of imidazole rings is 1. The Morgan fingerprint density at radius 3 is 2.67 bits per heavy atom. The fraction of sp³-hybridized carbons (Fsp3) is 0.308. The molecule has 1 atom stereocenters. The third kappa shape index (κ3) is 4.35. The van der Waals surface area contributed by atoms with E-state index in [9.17, 15) is 4.39 Å². The Morgan fingerprint density at radius 2 is 1.91 bits per heavy atom. The molecule has 1 aliphatic carbocycles. The highest BCUT2D eigenvalue weighted by Crippen LogP contribution is 2.29. The molecule has 1 aromatic heterocycles. The summed E-state index contributed by atoms with van der Waals surface area (Å²) in [5.74, 6) is 1.72. The van der Waals surface area contributed by atoms with E-state index in [0.29, 0.717) is 0 Å². The number of methoxy groups -OCH3 is 1. The molecule has 7 heteroatoms. The van der Waals surface area contributed by atoms with Crippen molar-refractivity contribution in [2.45, 2.75) is 19.8 Å². The third-order valence-corrected chi connectivity index (χ3v) is 6.14. The number of piperidine rings is 1. The topological polar surface area (TPSA) is 45.9 Å². The van der Waals surface area contributed by atoms with Crippen LogP contribution in [0.25, 0.3) is 5.70 Å². The molecular weight excluding hydrogens is 417 g/mol. The number of allylic oxidation sites excluding steroid dienone is 6. The van der Waals surface area contributed by atoms with Crippen LogP contribution in [-0.2, 0) is 4.74 Å². The van der Waals surface area contributed by atoms with Gasteiger partial charge in [-0.3, -0.25) is 15.0 Å². The smallest absolute Gasteiger partial charge is 0.145 e. The molecule has 170 valence electrons. The number of hydrogen-bond donors (Lipinski definition) is 0. The first-order chi connectivity index (χ1) is 16.1. The molecule has 0 saturated carbocycles. The van der Waals surface area contributed by atoms with Crippen LogP contribution in [0.15, 0.2) is 83.5 Å². The van der Waals surface area contributed by atoms with Crippen LogP contribution >= 0.6 is 0 Å². The van der Waals surface area contributed by atoms with E-state index in [1.165, 1.54) is 17.7 Å². The van der Waals surface area contributed by atoms with Crippen molar-refractivity contribution in [3.8, 4) is 0 Å². The molecule has 1 saturated heterocycles. The molecule has 1 unspecified atom stereocenters. The van der Waals surface area contributed by atoms with Crippen LogP contribution in [-0.4, -0.2) is 47.1 Å². The lowest BCUT2D eigenvalue weighted by molar-refractivity contribution is 0.307. The van der Waals surface area contributed by atoms with Gasteiger partial charge in [-0.05, 0) is 61.8 Å². The Balaban J connectivity index is 1.40. The first-order valence-electron chi connectivity index (χ1n) is 11.3. The number of anilines is 1. The van der Waals surface area contributed by atoms with E-state index >= 15 is 0 Å². The summed E-state index contributed by atoms with van der Waals surface area (Å²) in [6.07, 6.45) is 16.6. The number of aromatic nitrogens is 2. The Bertz CT molecular complexity index is 1170. The molecule has 5 rings (SSSR count). The van der Waals surface area contributed by atoms with E-state index in [-0.39, 0.29) is 11.7 Å². The van der Waals surface area contributed by atoms with E-state index < -0.39 is 0 Å². The number of halogens is 1. The van der Waals surface area contributed by atoms with Crippen molar-refractivity contribution >= 4 is 17.2 Å². The first-order valence-corrected chi connectivity index (χ1v) is 11.3. The molecule has 2 aromatic rings. The minimum atomic E-state index is -0.218. The summed E-state index contributed by atoms with van der Waals surface area (Å²) in [5, 5.41) is 4.46. The van der Waals surface area contributed by atoms with Gasteiger partial charge in [0.2, 0.25) is 0 Å². The van der Waals surface area contributed by atoms with Gasteiger partial charge in [-0.2, -0.15) is 0 Å². The average Bonchev–Trinajstić information content (AvgIpc) is 3.16. The van der Waals surface area contributed by atoms with Gasteiger partial charge in [0.1, 0.15) is 17.4 Å². The predicted octanol–water partition coefficient (Wildman–Crippen LogP) is 4.74. The molecule has 1 aromatic carbocycles. The fourth-order valence-electron chi connectivity index (χ4n) is 4.55. The van der Waals surface area contributed by atoms with Crippen LogP contribution in [0, 0.1) is 18.7 Å². The summed E-state index contributed by atoms with van der Waals surface area (Å²) in [6.45, 7) is 4.39. The number of hydrazine groups is 1. The van der Waals surface area contributed by atoms with E-state index in [1.807, 2.05) is 35.9 Å². The van der Waals surface area contributed by atoms with Gasteiger partial charge in [0.25, 0.3) is 0 Å². The minimum absolute atomic E-state index is 0.121. The number of ether oxygens (including phenoxy) is 1. The Morgan fingerprint density at radius 1 is 1.09 bits per heavy atom. The third-order valence-electron chi connectivity index (χ3n) is 6.14. The predicted molar refractivity (Wildman–Crippen MR) is 129 cm³/mol. The quantitative estimate of drug-likeness (QED) is 0.682. The molecular formula is C26H28FN5O.